The molecular formula is C22H20N4O. The molecule has 0 spiro atoms. The van der Waals surface area contributed by atoms with Crippen molar-refractivity contribution >= 4 is 11.4 Å². The average Bonchev–Trinajstić information content (AvgIpc) is 3.25. The summed E-state index contributed by atoms with van der Waals surface area (Å²) >= 11 is 0. The van der Waals surface area contributed by atoms with E-state index in [0.29, 0.717) is 11.6 Å². The number of pyridine rings is 1. The number of carbonyl (C=O) groups excluding carboxylic acids is 1. The number of aromatic nitrogens is 3. The first-order valence-corrected chi connectivity index (χ1v) is 9.25. The molecule has 3 aromatic heterocycles. The molecular weight excluding hydrogens is 336 g/mol. The van der Waals surface area contributed by atoms with E-state index in [1.807, 2.05) is 65.6 Å². The molecule has 1 amide bonds. The molecule has 27 heavy (non-hydrogen) atoms. The number of imidazole rings is 1. The summed E-state index contributed by atoms with van der Waals surface area (Å²) < 4.78 is 4.11. The highest BCUT2D eigenvalue weighted by atomic mass is 16.1. The van der Waals surface area contributed by atoms with Crippen molar-refractivity contribution in [1.82, 2.24) is 19.3 Å². The van der Waals surface area contributed by atoms with Crippen LogP contribution in [0.25, 0.3) is 16.9 Å². The number of nitrogens with zero attached hydrogens (tertiary/aromatic N) is 3. The Hall–Kier alpha value is -3.34. The van der Waals surface area contributed by atoms with Gasteiger partial charge in [0.25, 0.3) is 5.91 Å². The van der Waals surface area contributed by atoms with Gasteiger partial charge in [-0.2, -0.15) is 0 Å². The molecule has 0 aliphatic heterocycles. The molecule has 0 bridgehead atoms. The van der Waals surface area contributed by atoms with E-state index in [1.54, 1.807) is 0 Å². The number of hydrogen-bond acceptors (Lipinski definition) is 2. The van der Waals surface area contributed by atoms with Crippen molar-refractivity contribution in [2.75, 3.05) is 0 Å². The second kappa shape index (κ2) is 6.43. The Kier molecular flexibility index (Phi) is 3.78. The standard InChI is InChI=1S/C22H20N4O/c27-22(24-17-9-10-17)18-12-21(26-11-5-4-8-20(18)26)19-14-25(15-23-19)13-16-6-2-1-3-7-16/h1-8,11-12,14-15,17H,9-10,13H2,(H,24,27). The highest BCUT2D eigenvalue weighted by Crippen LogP contribution is 2.27. The first kappa shape index (κ1) is 15.9. The van der Waals surface area contributed by atoms with E-state index in [0.717, 1.165) is 36.3 Å². The van der Waals surface area contributed by atoms with Crippen molar-refractivity contribution in [3.63, 3.8) is 0 Å². The molecule has 0 unspecified atom stereocenters. The topological polar surface area (TPSA) is 51.3 Å². The number of hydrogen-bond donors (Lipinski definition) is 1. The van der Waals surface area contributed by atoms with Crippen molar-refractivity contribution in [3.05, 3.63) is 84.4 Å². The number of rotatable bonds is 5. The molecule has 3 heterocycles. The molecule has 1 N–H and O–H groups in total. The third-order valence-corrected chi connectivity index (χ3v) is 4.94. The zero-order valence-corrected chi connectivity index (χ0v) is 14.9. The van der Waals surface area contributed by atoms with Crippen LogP contribution in [0.4, 0.5) is 0 Å². The molecule has 1 saturated carbocycles. The van der Waals surface area contributed by atoms with Gasteiger partial charge in [-0.25, -0.2) is 4.98 Å². The van der Waals surface area contributed by atoms with Crippen molar-refractivity contribution in [3.8, 4) is 11.4 Å². The van der Waals surface area contributed by atoms with E-state index in [4.69, 9.17) is 0 Å². The predicted molar refractivity (Wildman–Crippen MR) is 105 cm³/mol. The summed E-state index contributed by atoms with van der Waals surface area (Å²) in [6.45, 7) is 0.770. The molecule has 4 aromatic rings. The molecule has 5 heteroatoms. The van der Waals surface area contributed by atoms with E-state index in [-0.39, 0.29) is 5.91 Å². The molecule has 134 valence electrons. The minimum atomic E-state index is -0.00355. The van der Waals surface area contributed by atoms with Crippen LogP contribution >= 0.6 is 0 Å². The third-order valence-electron chi connectivity index (χ3n) is 4.94. The van der Waals surface area contributed by atoms with Crippen LogP contribution in [0.1, 0.15) is 28.8 Å². The minimum absolute atomic E-state index is 0.00355. The normalized spacial score (nSPS) is 13.8. The number of benzene rings is 1. The fraction of sp³-hybridized carbons (Fsp3) is 0.182. The molecule has 0 saturated heterocycles. The van der Waals surface area contributed by atoms with E-state index >= 15 is 0 Å². The van der Waals surface area contributed by atoms with E-state index in [9.17, 15) is 4.79 Å². The summed E-state index contributed by atoms with van der Waals surface area (Å²) in [4.78, 5) is 17.2. The Morgan fingerprint density at radius 1 is 1.11 bits per heavy atom. The average molecular weight is 356 g/mol. The molecule has 1 aliphatic carbocycles. The highest BCUT2D eigenvalue weighted by Gasteiger charge is 2.26. The third kappa shape index (κ3) is 3.12. The lowest BCUT2D eigenvalue weighted by molar-refractivity contribution is 0.0953. The van der Waals surface area contributed by atoms with Gasteiger partial charge in [-0.3, -0.25) is 4.79 Å². The maximum absolute atomic E-state index is 12.7. The van der Waals surface area contributed by atoms with Crippen LogP contribution < -0.4 is 5.32 Å². The monoisotopic (exact) mass is 356 g/mol. The predicted octanol–water partition coefficient (Wildman–Crippen LogP) is 3.74. The molecule has 1 aromatic carbocycles. The SMILES string of the molecule is O=C(NC1CC1)c1cc(-c2cn(Cc3ccccc3)cn2)n2ccccc12. The zero-order chi connectivity index (χ0) is 18.2. The van der Waals surface area contributed by atoms with Gasteiger partial charge in [-0.05, 0) is 36.6 Å². The first-order valence-electron chi connectivity index (χ1n) is 9.25. The van der Waals surface area contributed by atoms with Crippen LogP contribution in [-0.4, -0.2) is 25.9 Å². The highest BCUT2D eigenvalue weighted by molar-refractivity contribution is 6.03. The molecule has 1 aliphatic rings. The Bertz CT molecular complexity index is 1110. The lowest BCUT2D eigenvalue weighted by Crippen LogP contribution is -2.25. The number of fused-ring (bicyclic) bond motifs is 1. The number of amides is 1. The van der Waals surface area contributed by atoms with Gasteiger partial charge < -0.3 is 14.3 Å². The zero-order valence-electron chi connectivity index (χ0n) is 14.9. The van der Waals surface area contributed by atoms with Crippen molar-refractivity contribution in [2.24, 2.45) is 0 Å². The summed E-state index contributed by atoms with van der Waals surface area (Å²) in [5.74, 6) is -0.00355. The Morgan fingerprint density at radius 3 is 2.74 bits per heavy atom. The quantitative estimate of drug-likeness (QED) is 0.592. The van der Waals surface area contributed by atoms with Crippen LogP contribution in [0.3, 0.4) is 0 Å². The van der Waals surface area contributed by atoms with Crippen LogP contribution in [0, 0.1) is 0 Å². The fourth-order valence-electron chi connectivity index (χ4n) is 3.40. The summed E-state index contributed by atoms with van der Waals surface area (Å²) in [5, 5.41) is 3.09. The van der Waals surface area contributed by atoms with Gasteiger partial charge in [0.05, 0.1) is 23.1 Å². The summed E-state index contributed by atoms with van der Waals surface area (Å²) in [5.41, 5.74) is 4.63. The Balaban J connectivity index is 1.50. The first-order chi connectivity index (χ1) is 13.3. The Labute approximate surface area is 157 Å². The number of carbonyl (C=O) groups is 1. The summed E-state index contributed by atoms with van der Waals surface area (Å²) in [7, 11) is 0. The van der Waals surface area contributed by atoms with Gasteiger partial charge in [0, 0.05) is 25.0 Å². The fourth-order valence-corrected chi connectivity index (χ4v) is 3.40. The lowest BCUT2D eigenvalue weighted by atomic mass is 10.2. The largest absolute Gasteiger partial charge is 0.349 e. The van der Waals surface area contributed by atoms with Crippen LogP contribution in [-0.2, 0) is 6.54 Å². The summed E-state index contributed by atoms with van der Waals surface area (Å²) in [6, 6.07) is 18.5. The maximum atomic E-state index is 12.7. The van der Waals surface area contributed by atoms with Gasteiger partial charge >= 0.3 is 0 Å². The van der Waals surface area contributed by atoms with Crippen LogP contribution in [0.2, 0.25) is 0 Å². The van der Waals surface area contributed by atoms with Crippen LogP contribution in [0.5, 0.6) is 0 Å². The second-order valence-corrected chi connectivity index (χ2v) is 7.06. The lowest BCUT2D eigenvalue weighted by Gasteiger charge is -2.02. The minimum Gasteiger partial charge on any atom is -0.349 e. The van der Waals surface area contributed by atoms with E-state index in [1.165, 1.54) is 5.56 Å². The van der Waals surface area contributed by atoms with Gasteiger partial charge in [0.15, 0.2) is 0 Å². The van der Waals surface area contributed by atoms with E-state index in [2.05, 4.69) is 27.0 Å². The second-order valence-electron chi connectivity index (χ2n) is 7.06. The van der Waals surface area contributed by atoms with Gasteiger partial charge in [-0.15, -0.1) is 0 Å². The van der Waals surface area contributed by atoms with Crippen molar-refractivity contribution < 1.29 is 4.79 Å². The number of nitrogens with one attached hydrogen (secondary N) is 1. The molecule has 0 radical (unpaired) electrons. The molecule has 0 atom stereocenters. The van der Waals surface area contributed by atoms with Crippen molar-refractivity contribution in [1.29, 1.82) is 0 Å². The molecule has 1 fully saturated rings. The van der Waals surface area contributed by atoms with Crippen LogP contribution in [0.15, 0.2) is 73.3 Å². The summed E-state index contributed by atoms with van der Waals surface area (Å²) in [6.07, 6.45) is 8.01. The van der Waals surface area contributed by atoms with Gasteiger partial charge in [0.2, 0.25) is 0 Å². The smallest absolute Gasteiger partial charge is 0.253 e. The Morgan fingerprint density at radius 2 is 1.93 bits per heavy atom. The van der Waals surface area contributed by atoms with E-state index < -0.39 is 0 Å². The van der Waals surface area contributed by atoms with Crippen molar-refractivity contribution in [2.45, 2.75) is 25.4 Å². The maximum Gasteiger partial charge on any atom is 0.253 e. The molecule has 5 rings (SSSR count). The van der Waals surface area contributed by atoms with Gasteiger partial charge in [0.1, 0.15) is 5.69 Å². The van der Waals surface area contributed by atoms with Gasteiger partial charge in [-0.1, -0.05) is 36.4 Å². The molecule has 5 nitrogen and oxygen atoms in total.